The van der Waals surface area contributed by atoms with Crippen molar-refractivity contribution in [3.05, 3.63) is 51.5 Å². The molecule has 0 aliphatic rings. The van der Waals surface area contributed by atoms with Crippen molar-refractivity contribution < 1.29 is 5.11 Å². The van der Waals surface area contributed by atoms with Crippen LogP contribution in [0, 0.1) is 6.92 Å². The highest BCUT2D eigenvalue weighted by atomic mass is 32.1. The number of hydrogen-bond donors (Lipinski definition) is 1. The van der Waals surface area contributed by atoms with Crippen LogP contribution >= 0.6 is 11.3 Å². The monoisotopic (exact) mass is 233 g/mol. The van der Waals surface area contributed by atoms with E-state index in [1.54, 1.807) is 17.5 Å². The van der Waals surface area contributed by atoms with E-state index in [9.17, 15) is 5.11 Å². The van der Waals surface area contributed by atoms with Crippen LogP contribution in [0.4, 0.5) is 0 Å². The van der Waals surface area contributed by atoms with Gasteiger partial charge in [-0.15, -0.1) is 11.3 Å². The lowest BCUT2D eigenvalue weighted by Gasteiger charge is -2.13. The molecule has 0 radical (unpaired) electrons. The number of nitrogens with zero attached hydrogens (tertiary/aromatic N) is 1. The van der Waals surface area contributed by atoms with Crippen LogP contribution in [0.5, 0.6) is 0 Å². The van der Waals surface area contributed by atoms with Gasteiger partial charge in [-0.05, 0) is 47.5 Å². The molecular weight excluding hydrogens is 218 g/mol. The molecule has 0 saturated carbocycles. The quantitative estimate of drug-likeness (QED) is 0.883. The first-order valence-corrected chi connectivity index (χ1v) is 6.26. The van der Waals surface area contributed by atoms with Gasteiger partial charge in [0.25, 0.3) is 0 Å². The van der Waals surface area contributed by atoms with Crippen LogP contribution in [0.1, 0.15) is 34.6 Å². The van der Waals surface area contributed by atoms with Crippen molar-refractivity contribution in [2.45, 2.75) is 26.4 Å². The van der Waals surface area contributed by atoms with Gasteiger partial charge in [-0.1, -0.05) is 6.92 Å². The maximum atomic E-state index is 10.3. The summed E-state index contributed by atoms with van der Waals surface area (Å²) >= 11 is 1.67. The van der Waals surface area contributed by atoms with Crippen LogP contribution in [0.2, 0.25) is 0 Å². The molecule has 0 aliphatic heterocycles. The molecule has 0 fully saturated rings. The van der Waals surface area contributed by atoms with E-state index >= 15 is 0 Å². The molecule has 2 aromatic rings. The van der Waals surface area contributed by atoms with Crippen LogP contribution in [-0.4, -0.2) is 10.1 Å². The van der Waals surface area contributed by atoms with Crippen molar-refractivity contribution in [3.8, 4) is 0 Å². The van der Waals surface area contributed by atoms with E-state index in [4.69, 9.17) is 0 Å². The summed E-state index contributed by atoms with van der Waals surface area (Å²) < 4.78 is 0. The Kier molecular flexibility index (Phi) is 3.36. The summed E-state index contributed by atoms with van der Waals surface area (Å²) in [7, 11) is 0. The molecule has 0 spiro atoms. The normalized spacial score (nSPS) is 12.7. The fraction of sp³-hybridized carbons (Fsp3) is 0.308. The average molecular weight is 233 g/mol. The van der Waals surface area contributed by atoms with Gasteiger partial charge in [-0.3, -0.25) is 4.98 Å². The van der Waals surface area contributed by atoms with Gasteiger partial charge in [0.05, 0.1) is 0 Å². The Balaban J connectivity index is 2.36. The molecule has 0 amide bonds. The fourth-order valence-corrected chi connectivity index (χ4v) is 2.51. The van der Waals surface area contributed by atoms with Gasteiger partial charge in [0.2, 0.25) is 0 Å². The predicted molar refractivity (Wildman–Crippen MR) is 66.7 cm³/mol. The van der Waals surface area contributed by atoms with Crippen LogP contribution in [0.25, 0.3) is 0 Å². The average Bonchev–Trinajstić information content (AvgIpc) is 2.75. The minimum Gasteiger partial charge on any atom is -0.384 e. The van der Waals surface area contributed by atoms with Crippen molar-refractivity contribution in [2.24, 2.45) is 0 Å². The number of thiophene rings is 1. The Morgan fingerprint density at radius 2 is 2.31 bits per heavy atom. The van der Waals surface area contributed by atoms with Gasteiger partial charge in [0.1, 0.15) is 6.10 Å². The van der Waals surface area contributed by atoms with E-state index in [2.05, 4.69) is 11.9 Å². The van der Waals surface area contributed by atoms with Gasteiger partial charge in [0, 0.05) is 17.3 Å². The molecule has 1 N–H and O–H groups in total. The molecule has 2 rings (SSSR count). The Hall–Kier alpha value is -1.19. The second kappa shape index (κ2) is 4.76. The van der Waals surface area contributed by atoms with E-state index < -0.39 is 6.10 Å². The molecule has 1 atom stereocenters. The van der Waals surface area contributed by atoms with Gasteiger partial charge in [0.15, 0.2) is 0 Å². The molecule has 2 aromatic heterocycles. The first kappa shape index (κ1) is 11.3. The maximum absolute atomic E-state index is 10.3. The van der Waals surface area contributed by atoms with E-state index in [-0.39, 0.29) is 0 Å². The molecule has 0 aliphatic carbocycles. The second-order valence-electron chi connectivity index (χ2n) is 3.82. The topological polar surface area (TPSA) is 33.1 Å². The minimum atomic E-state index is -0.525. The minimum absolute atomic E-state index is 0.525. The summed E-state index contributed by atoms with van der Waals surface area (Å²) in [4.78, 5) is 5.31. The summed E-state index contributed by atoms with van der Waals surface area (Å²) in [5.41, 5.74) is 3.05. The molecule has 0 bridgehead atoms. The van der Waals surface area contributed by atoms with Crippen molar-refractivity contribution in [2.75, 3.05) is 0 Å². The fourth-order valence-electron chi connectivity index (χ4n) is 1.79. The molecule has 3 heteroatoms. The Morgan fingerprint density at radius 1 is 1.50 bits per heavy atom. The number of aliphatic hydroxyl groups excluding tert-OH is 1. The van der Waals surface area contributed by atoms with Crippen molar-refractivity contribution in [1.29, 1.82) is 0 Å². The predicted octanol–water partition coefficient (Wildman–Crippen LogP) is 3.10. The molecule has 2 heterocycles. The number of aromatic nitrogens is 1. The third-order valence-corrected chi connectivity index (χ3v) is 3.56. The lowest BCUT2D eigenvalue weighted by Crippen LogP contribution is -2.02. The number of pyridine rings is 1. The van der Waals surface area contributed by atoms with Crippen LogP contribution in [-0.2, 0) is 6.42 Å². The van der Waals surface area contributed by atoms with E-state index in [0.717, 1.165) is 23.1 Å². The lowest BCUT2D eigenvalue weighted by molar-refractivity contribution is 0.219. The van der Waals surface area contributed by atoms with E-state index in [1.165, 1.54) is 4.88 Å². The maximum Gasteiger partial charge on any atom is 0.105 e. The summed E-state index contributed by atoms with van der Waals surface area (Å²) in [6.07, 6.45) is 3.93. The highest BCUT2D eigenvalue weighted by Crippen LogP contribution is 2.27. The van der Waals surface area contributed by atoms with Gasteiger partial charge in [-0.25, -0.2) is 0 Å². The summed E-state index contributed by atoms with van der Waals surface area (Å²) in [6, 6.07) is 3.94. The Bertz CT molecular complexity index is 478. The second-order valence-corrected chi connectivity index (χ2v) is 4.94. The van der Waals surface area contributed by atoms with E-state index in [1.807, 2.05) is 30.6 Å². The first-order valence-electron chi connectivity index (χ1n) is 5.38. The highest BCUT2D eigenvalue weighted by molar-refractivity contribution is 7.10. The first-order chi connectivity index (χ1) is 7.72. The molecule has 0 aromatic carbocycles. The molecule has 1 unspecified atom stereocenters. The zero-order valence-corrected chi connectivity index (χ0v) is 10.3. The molecule has 0 saturated heterocycles. The molecule has 16 heavy (non-hydrogen) atoms. The number of aryl methyl sites for hydroxylation is 2. The van der Waals surface area contributed by atoms with Crippen molar-refractivity contribution >= 4 is 11.3 Å². The smallest absolute Gasteiger partial charge is 0.105 e. The lowest BCUT2D eigenvalue weighted by atomic mass is 9.99. The zero-order chi connectivity index (χ0) is 11.5. The summed E-state index contributed by atoms with van der Waals surface area (Å²) in [6.45, 7) is 4.13. The summed E-state index contributed by atoms with van der Waals surface area (Å²) in [5, 5.41) is 12.3. The molecular formula is C13H15NOS. The Morgan fingerprint density at radius 3 is 2.94 bits per heavy atom. The van der Waals surface area contributed by atoms with Crippen LogP contribution < -0.4 is 0 Å². The Labute approximate surface area is 99.6 Å². The largest absolute Gasteiger partial charge is 0.384 e. The van der Waals surface area contributed by atoms with Gasteiger partial charge >= 0.3 is 0 Å². The number of hydrogen-bond acceptors (Lipinski definition) is 3. The number of aliphatic hydroxyl groups is 1. The third-order valence-electron chi connectivity index (χ3n) is 2.68. The standard InChI is InChI=1S/C13H15NOS/c1-3-10-7-14-5-4-12(10)13(15)11-6-9(2)16-8-11/h4-8,13,15H,3H2,1-2H3. The van der Waals surface area contributed by atoms with E-state index in [0.29, 0.717) is 0 Å². The molecule has 2 nitrogen and oxygen atoms in total. The van der Waals surface area contributed by atoms with Crippen LogP contribution in [0.3, 0.4) is 0 Å². The van der Waals surface area contributed by atoms with Crippen LogP contribution in [0.15, 0.2) is 29.9 Å². The SMILES string of the molecule is CCc1cnccc1C(O)c1csc(C)c1. The highest BCUT2D eigenvalue weighted by Gasteiger charge is 2.14. The van der Waals surface area contributed by atoms with Gasteiger partial charge < -0.3 is 5.11 Å². The van der Waals surface area contributed by atoms with Gasteiger partial charge in [-0.2, -0.15) is 0 Å². The number of rotatable bonds is 3. The molecule has 84 valence electrons. The third kappa shape index (κ3) is 2.15. The van der Waals surface area contributed by atoms with Crippen molar-refractivity contribution in [3.63, 3.8) is 0 Å². The summed E-state index contributed by atoms with van der Waals surface area (Å²) in [5.74, 6) is 0. The zero-order valence-electron chi connectivity index (χ0n) is 9.47. The van der Waals surface area contributed by atoms with Crippen molar-refractivity contribution in [1.82, 2.24) is 4.98 Å².